The molecule has 0 N–H and O–H groups in total. The third kappa shape index (κ3) is 4.43. The number of anilines is 3. The molecule has 152 valence electrons. The van der Waals surface area contributed by atoms with Crippen LogP contribution >= 0.6 is 0 Å². The molecule has 0 aliphatic carbocycles. The van der Waals surface area contributed by atoms with E-state index in [2.05, 4.69) is 65.6 Å². The SMILES string of the molecule is Cc1cc(C#N)c(/C=C/c2ccc(N(c3ccccc3)c3ccccc3)cc2)cc1C#N. The lowest BCUT2D eigenvalue weighted by Gasteiger charge is -2.25. The molecule has 3 heteroatoms. The van der Waals surface area contributed by atoms with E-state index in [0.29, 0.717) is 11.1 Å². The number of nitrogens with zero attached hydrogens (tertiary/aromatic N) is 3. The van der Waals surface area contributed by atoms with Gasteiger partial charge in [0.15, 0.2) is 0 Å². The van der Waals surface area contributed by atoms with Crippen molar-refractivity contribution in [1.82, 2.24) is 0 Å². The van der Waals surface area contributed by atoms with Crippen molar-refractivity contribution < 1.29 is 0 Å². The van der Waals surface area contributed by atoms with Gasteiger partial charge in [-0.25, -0.2) is 0 Å². The Hall–Kier alpha value is -4.60. The molecule has 32 heavy (non-hydrogen) atoms. The molecule has 0 saturated heterocycles. The molecule has 0 radical (unpaired) electrons. The van der Waals surface area contributed by atoms with Crippen molar-refractivity contribution in [2.45, 2.75) is 6.92 Å². The summed E-state index contributed by atoms with van der Waals surface area (Å²) in [6.07, 6.45) is 3.85. The highest BCUT2D eigenvalue weighted by Gasteiger charge is 2.11. The Morgan fingerprint density at radius 3 is 1.69 bits per heavy atom. The van der Waals surface area contributed by atoms with Crippen molar-refractivity contribution in [1.29, 1.82) is 10.5 Å². The van der Waals surface area contributed by atoms with Crippen LogP contribution in [0.5, 0.6) is 0 Å². The van der Waals surface area contributed by atoms with Crippen LogP contribution in [-0.2, 0) is 0 Å². The first-order valence-electron chi connectivity index (χ1n) is 10.3. The fourth-order valence-corrected chi connectivity index (χ4v) is 3.60. The van der Waals surface area contributed by atoms with Crippen LogP contribution in [0.2, 0.25) is 0 Å². The van der Waals surface area contributed by atoms with Gasteiger partial charge in [-0.3, -0.25) is 0 Å². The van der Waals surface area contributed by atoms with E-state index in [9.17, 15) is 10.5 Å². The lowest BCUT2D eigenvalue weighted by atomic mass is 9.99. The van der Waals surface area contributed by atoms with Gasteiger partial charge >= 0.3 is 0 Å². The maximum Gasteiger partial charge on any atom is 0.0998 e. The van der Waals surface area contributed by atoms with Crippen molar-refractivity contribution in [3.05, 3.63) is 125 Å². The Morgan fingerprint density at radius 2 is 1.16 bits per heavy atom. The minimum absolute atomic E-state index is 0.564. The molecule has 4 rings (SSSR count). The minimum atomic E-state index is 0.564. The summed E-state index contributed by atoms with van der Waals surface area (Å²) in [5.74, 6) is 0. The second-order valence-corrected chi connectivity index (χ2v) is 7.41. The zero-order chi connectivity index (χ0) is 22.3. The number of para-hydroxylation sites is 2. The average molecular weight is 412 g/mol. The lowest BCUT2D eigenvalue weighted by Crippen LogP contribution is -2.09. The topological polar surface area (TPSA) is 50.8 Å². The highest BCUT2D eigenvalue weighted by Crippen LogP contribution is 2.34. The molecule has 0 bridgehead atoms. The molecule has 0 spiro atoms. The average Bonchev–Trinajstić information content (AvgIpc) is 2.85. The van der Waals surface area contributed by atoms with Crippen molar-refractivity contribution in [2.75, 3.05) is 4.90 Å². The number of rotatable bonds is 5. The number of benzene rings is 4. The van der Waals surface area contributed by atoms with E-state index in [0.717, 1.165) is 33.8 Å². The molecule has 0 heterocycles. The minimum Gasteiger partial charge on any atom is -0.311 e. The largest absolute Gasteiger partial charge is 0.311 e. The maximum atomic E-state index is 9.45. The molecule has 0 amide bonds. The third-order valence-electron chi connectivity index (χ3n) is 5.27. The highest BCUT2D eigenvalue weighted by atomic mass is 15.1. The molecule has 0 saturated carbocycles. The summed E-state index contributed by atoms with van der Waals surface area (Å²) in [6.45, 7) is 1.84. The van der Waals surface area contributed by atoms with Crippen molar-refractivity contribution in [3.8, 4) is 12.1 Å². The summed E-state index contributed by atoms with van der Waals surface area (Å²) >= 11 is 0. The zero-order valence-electron chi connectivity index (χ0n) is 17.7. The molecular formula is C29H21N3. The molecule has 0 aliphatic heterocycles. The van der Waals surface area contributed by atoms with E-state index < -0.39 is 0 Å². The van der Waals surface area contributed by atoms with Crippen molar-refractivity contribution in [3.63, 3.8) is 0 Å². The fraction of sp³-hybridized carbons (Fsp3) is 0.0345. The highest BCUT2D eigenvalue weighted by molar-refractivity contribution is 5.78. The van der Waals surface area contributed by atoms with Gasteiger partial charge in [-0.2, -0.15) is 10.5 Å². The van der Waals surface area contributed by atoms with Crippen LogP contribution in [0.3, 0.4) is 0 Å². The molecule has 0 aliphatic rings. The first-order valence-corrected chi connectivity index (χ1v) is 10.3. The van der Waals surface area contributed by atoms with Gasteiger partial charge in [0.05, 0.1) is 23.3 Å². The molecule has 4 aromatic carbocycles. The monoisotopic (exact) mass is 411 g/mol. The van der Waals surface area contributed by atoms with Crippen LogP contribution in [0.4, 0.5) is 17.1 Å². The Kier molecular flexibility index (Phi) is 6.12. The smallest absolute Gasteiger partial charge is 0.0998 e. The maximum absolute atomic E-state index is 9.45. The normalized spacial score (nSPS) is 10.5. The lowest BCUT2D eigenvalue weighted by molar-refractivity contribution is 1.28. The number of hydrogen-bond acceptors (Lipinski definition) is 3. The molecule has 0 fully saturated rings. The van der Waals surface area contributed by atoms with E-state index in [1.807, 2.05) is 55.5 Å². The van der Waals surface area contributed by atoms with E-state index in [-0.39, 0.29) is 0 Å². The van der Waals surface area contributed by atoms with Crippen molar-refractivity contribution in [2.24, 2.45) is 0 Å². The van der Waals surface area contributed by atoms with E-state index in [1.165, 1.54) is 0 Å². The first-order chi connectivity index (χ1) is 15.7. The summed E-state index contributed by atoms with van der Waals surface area (Å²) in [6, 6.07) is 36.7. The van der Waals surface area contributed by atoms with Crippen LogP contribution in [0, 0.1) is 29.6 Å². The van der Waals surface area contributed by atoms with Crippen LogP contribution in [0.1, 0.15) is 27.8 Å². The van der Waals surface area contributed by atoms with Gasteiger partial charge in [0.25, 0.3) is 0 Å². The van der Waals surface area contributed by atoms with Crippen molar-refractivity contribution >= 4 is 29.2 Å². The van der Waals surface area contributed by atoms with Crippen LogP contribution in [0.15, 0.2) is 97.1 Å². The number of nitriles is 2. The quantitative estimate of drug-likeness (QED) is 0.322. The number of aryl methyl sites for hydroxylation is 1. The van der Waals surface area contributed by atoms with Gasteiger partial charge in [-0.05, 0) is 72.1 Å². The van der Waals surface area contributed by atoms with Gasteiger partial charge in [-0.1, -0.05) is 60.7 Å². The summed E-state index contributed by atoms with van der Waals surface area (Å²) in [5.41, 5.74) is 6.95. The van der Waals surface area contributed by atoms with Gasteiger partial charge in [-0.15, -0.1) is 0 Å². The van der Waals surface area contributed by atoms with Crippen LogP contribution in [0.25, 0.3) is 12.2 Å². The Balaban J connectivity index is 1.66. The van der Waals surface area contributed by atoms with Gasteiger partial charge < -0.3 is 4.90 Å². The van der Waals surface area contributed by atoms with Crippen LogP contribution < -0.4 is 4.90 Å². The zero-order valence-corrected chi connectivity index (χ0v) is 17.7. The number of hydrogen-bond donors (Lipinski definition) is 0. The second-order valence-electron chi connectivity index (χ2n) is 7.41. The second kappa shape index (κ2) is 9.47. The Bertz CT molecular complexity index is 1280. The third-order valence-corrected chi connectivity index (χ3v) is 5.27. The predicted octanol–water partition coefficient (Wildman–Crippen LogP) is 7.38. The van der Waals surface area contributed by atoms with Crippen LogP contribution in [-0.4, -0.2) is 0 Å². The molecule has 0 unspecified atom stereocenters. The molecule has 4 aromatic rings. The standard InChI is InChI=1S/C29H21N3/c1-22-18-26(21-31)24(19-25(22)20-30)15-12-23-13-16-29(17-14-23)32(27-8-4-2-5-9-27)28-10-6-3-7-11-28/h2-19H,1H3/b15-12+. The summed E-state index contributed by atoms with van der Waals surface area (Å²) in [5, 5.41) is 18.7. The molecular weight excluding hydrogens is 390 g/mol. The molecule has 0 atom stereocenters. The molecule has 0 aromatic heterocycles. The van der Waals surface area contributed by atoms with Gasteiger partial charge in [0.2, 0.25) is 0 Å². The summed E-state index contributed by atoms with van der Waals surface area (Å²) in [7, 11) is 0. The predicted molar refractivity (Wildman–Crippen MR) is 131 cm³/mol. The fourth-order valence-electron chi connectivity index (χ4n) is 3.60. The van der Waals surface area contributed by atoms with E-state index >= 15 is 0 Å². The van der Waals surface area contributed by atoms with Gasteiger partial charge in [0.1, 0.15) is 0 Å². The van der Waals surface area contributed by atoms with E-state index in [1.54, 1.807) is 12.1 Å². The summed E-state index contributed by atoms with van der Waals surface area (Å²) in [4.78, 5) is 2.21. The first kappa shape index (κ1) is 20.7. The Labute approximate surface area is 188 Å². The Morgan fingerprint density at radius 1 is 0.625 bits per heavy atom. The summed E-state index contributed by atoms with van der Waals surface area (Å²) < 4.78 is 0. The molecule has 3 nitrogen and oxygen atoms in total. The van der Waals surface area contributed by atoms with Gasteiger partial charge in [0, 0.05) is 17.1 Å². The van der Waals surface area contributed by atoms with E-state index in [4.69, 9.17) is 0 Å².